The maximum absolute atomic E-state index is 12.4. The standard InChI is InChI=1S/C18H20O4/c1-20-17-13-18(21-2,22-3)12-11-15(17)16(19)10-9-14-7-5-4-6-8-14/h4-12H,13H2,1-3H3. The zero-order chi connectivity index (χ0) is 16.0. The van der Waals surface area contributed by atoms with Gasteiger partial charge in [-0.25, -0.2) is 0 Å². The molecule has 116 valence electrons. The molecule has 1 aliphatic rings. The minimum atomic E-state index is -0.877. The van der Waals surface area contributed by atoms with Crippen LogP contribution in [-0.4, -0.2) is 32.9 Å². The average Bonchev–Trinajstić information content (AvgIpc) is 2.60. The van der Waals surface area contributed by atoms with Gasteiger partial charge in [0, 0.05) is 14.2 Å². The van der Waals surface area contributed by atoms with E-state index in [1.165, 1.54) is 0 Å². The van der Waals surface area contributed by atoms with E-state index in [4.69, 9.17) is 14.2 Å². The first-order valence-electron chi connectivity index (χ1n) is 6.98. The number of hydrogen-bond donors (Lipinski definition) is 0. The molecule has 0 fully saturated rings. The number of ether oxygens (including phenoxy) is 3. The maximum Gasteiger partial charge on any atom is 0.194 e. The second-order valence-corrected chi connectivity index (χ2v) is 4.88. The lowest BCUT2D eigenvalue weighted by atomic mass is 9.96. The molecule has 1 aromatic rings. The molecule has 0 atom stereocenters. The van der Waals surface area contributed by atoms with E-state index in [1.807, 2.05) is 30.3 Å². The summed E-state index contributed by atoms with van der Waals surface area (Å²) in [6.07, 6.45) is 7.10. The van der Waals surface area contributed by atoms with Crippen molar-refractivity contribution in [3.63, 3.8) is 0 Å². The molecular formula is C18H20O4. The van der Waals surface area contributed by atoms with Crippen LogP contribution in [0.15, 0.2) is 59.9 Å². The predicted octanol–water partition coefficient (Wildman–Crippen LogP) is 3.12. The molecule has 0 N–H and O–H groups in total. The van der Waals surface area contributed by atoms with Gasteiger partial charge in [0.2, 0.25) is 0 Å². The summed E-state index contributed by atoms with van der Waals surface area (Å²) in [5.41, 5.74) is 1.48. The SMILES string of the molecule is COC1=C(C(=O)C=Cc2ccccc2)C=CC(OC)(OC)C1. The molecule has 0 heterocycles. The summed E-state index contributed by atoms with van der Waals surface area (Å²) in [7, 11) is 4.66. The topological polar surface area (TPSA) is 44.8 Å². The molecular weight excluding hydrogens is 280 g/mol. The Morgan fingerprint density at radius 3 is 2.41 bits per heavy atom. The molecule has 4 heteroatoms. The van der Waals surface area contributed by atoms with Crippen LogP contribution in [0.25, 0.3) is 6.08 Å². The lowest BCUT2D eigenvalue weighted by molar-refractivity contribution is -0.174. The van der Waals surface area contributed by atoms with E-state index in [0.29, 0.717) is 17.8 Å². The molecule has 0 aromatic heterocycles. The summed E-state index contributed by atoms with van der Waals surface area (Å²) in [6.45, 7) is 0. The van der Waals surface area contributed by atoms with Crippen molar-refractivity contribution >= 4 is 11.9 Å². The third-order valence-corrected chi connectivity index (χ3v) is 3.64. The fraction of sp³-hybridized carbons (Fsp3) is 0.278. The number of carbonyl (C=O) groups is 1. The zero-order valence-electron chi connectivity index (χ0n) is 13.0. The Kier molecular flexibility index (Phi) is 5.31. The third-order valence-electron chi connectivity index (χ3n) is 3.64. The largest absolute Gasteiger partial charge is 0.500 e. The lowest BCUT2D eigenvalue weighted by Crippen LogP contribution is -2.34. The maximum atomic E-state index is 12.4. The quantitative estimate of drug-likeness (QED) is 0.598. The number of ketones is 1. The van der Waals surface area contributed by atoms with Crippen LogP contribution >= 0.6 is 0 Å². The first-order valence-corrected chi connectivity index (χ1v) is 6.98. The second-order valence-electron chi connectivity index (χ2n) is 4.88. The van der Waals surface area contributed by atoms with Crippen molar-refractivity contribution in [2.45, 2.75) is 12.2 Å². The Morgan fingerprint density at radius 2 is 1.82 bits per heavy atom. The molecule has 0 unspecified atom stereocenters. The third kappa shape index (κ3) is 3.53. The normalized spacial score (nSPS) is 17.0. The van der Waals surface area contributed by atoms with E-state index in [2.05, 4.69) is 0 Å². The molecule has 0 amide bonds. The number of hydrogen-bond acceptors (Lipinski definition) is 4. The van der Waals surface area contributed by atoms with Gasteiger partial charge in [-0.3, -0.25) is 4.79 Å². The van der Waals surface area contributed by atoms with Crippen molar-refractivity contribution in [2.24, 2.45) is 0 Å². The van der Waals surface area contributed by atoms with Crippen molar-refractivity contribution in [1.29, 1.82) is 0 Å². The van der Waals surface area contributed by atoms with Crippen LogP contribution in [0, 0.1) is 0 Å². The highest BCUT2D eigenvalue weighted by Crippen LogP contribution is 2.31. The van der Waals surface area contributed by atoms with Crippen LogP contribution in [-0.2, 0) is 19.0 Å². The molecule has 0 saturated heterocycles. The summed E-state index contributed by atoms with van der Waals surface area (Å²) in [5.74, 6) is -0.440. The Hall–Kier alpha value is -2.17. The van der Waals surface area contributed by atoms with Crippen molar-refractivity contribution in [1.82, 2.24) is 0 Å². The molecule has 4 nitrogen and oxygen atoms in total. The molecule has 1 aliphatic carbocycles. The first-order chi connectivity index (χ1) is 10.6. The lowest BCUT2D eigenvalue weighted by Gasteiger charge is -2.31. The predicted molar refractivity (Wildman–Crippen MR) is 85.0 cm³/mol. The summed E-state index contributed by atoms with van der Waals surface area (Å²) in [4.78, 5) is 12.4. The number of benzene rings is 1. The van der Waals surface area contributed by atoms with Gasteiger partial charge in [0.15, 0.2) is 11.6 Å². The van der Waals surface area contributed by atoms with Crippen LogP contribution in [0.1, 0.15) is 12.0 Å². The Labute approximate surface area is 130 Å². The Morgan fingerprint density at radius 1 is 1.14 bits per heavy atom. The van der Waals surface area contributed by atoms with E-state index in [1.54, 1.807) is 45.6 Å². The Balaban J connectivity index is 2.20. The first kappa shape index (κ1) is 16.2. The van der Waals surface area contributed by atoms with E-state index in [-0.39, 0.29) is 5.78 Å². The monoisotopic (exact) mass is 300 g/mol. The van der Waals surface area contributed by atoms with Gasteiger partial charge in [0.1, 0.15) is 5.76 Å². The van der Waals surface area contributed by atoms with Crippen molar-refractivity contribution in [3.8, 4) is 0 Å². The molecule has 0 aliphatic heterocycles. The van der Waals surface area contributed by atoms with Gasteiger partial charge in [-0.1, -0.05) is 36.4 Å². The van der Waals surface area contributed by atoms with Crippen LogP contribution < -0.4 is 0 Å². The van der Waals surface area contributed by atoms with Gasteiger partial charge >= 0.3 is 0 Å². The van der Waals surface area contributed by atoms with Crippen LogP contribution in [0.5, 0.6) is 0 Å². The summed E-state index contributed by atoms with van der Waals surface area (Å²) in [5, 5.41) is 0. The second kappa shape index (κ2) is 7.20. The van der Waals surface area contributed by atoms with Crippen molar-refractivity contribution in [2.75, 3.05) is 21.3 Å². The van der Waals surface area contributed by atoms with Crippen LogP contribution in [0.2, 0.25) is 0 Å². The summed E-state index contributed by atoms with van der Waals surface area (Å²) >= 11 is 0. The van der Waals surface area contributed by atoms with E-state index in [0.717, 1.165) is 5.56 Å². The molecule has 0 bridgehead atoms. The van der Waals surface area contributed by atoms with Gasteiger partial charge in [0.05, 0.1) is 19.1 Å². The van der Waals surface area contributed by atoms with Gasteiger partial charge in [-0.15, -0.1) is 0 Å². The number of allylic oxidation sites excluding steroid dienone is 3. The summed E-state index contributed by atoms with van der Waals surface area (Å²) < 4.78 is 16.1. The smallest absolute Gasteiger partial charge is 0.194 e. The summed E-state index contributed by atoms with van der Waals surface area (Å²) in [6, 6.07) is 9.66. The number of methoxy groups -OCH3 is 3. The molecule has 1 aromatic carbocycles. The zero-order valence-corrected chi connectivity index (χ0v) is 13.0. The minimum absolute atomic E-state index is 0.113. The fourth-order valence-corrected chi connectivity index (χ4v) is 2.27. The Bertz CT molecular complexity index is 607. The fourth-order valence-electron chi connectivity index (χ4n) is 2.27. The van der Waals surface area contributed by atoms with Crippen molar-refractivity contribution in [3.05, 3.63) is 65.5 Å². The average molecular weight is 300 g/mol. The highest BCUT2D eigenvalue weighted by Gasteiger charge is 2.33. The molecule has 0 spiro atoms. The molecule has 22 heavy (non-hydrogen) atoms. The van der Waals surface area contributed by atoms with Crippen molar-refractivity contribution < 1.29 is 19.0 Å². The van der Waals surface area contributed by atoms with Crippen LogP contribution in [0.4, 0.5) is 0 Å². The molecule has 2 rings (SSSR count). The van der Waals surface area contributed by atoms with Gasteiger partial charge in [-0.05, 0) is 23.8 Å². The molecule has 0 radical (unpaired) electrons. The number of carbonyl (C=O) groups excluding carboxylic acids is 1. The van der Waals surface area contributed by atoms with Gasteiger partial charge in [-0.2, -0.15) is 0 Å². The van der Waals surface area contributed by atoms with E-state index >= 15 is 0 Å². The highest BCUT2D eigenvalue weighted by molar-refractivity contribution is 6.08. The van der Waals surface area contributed by atoms with Crippen LogP contribution in [0.3, 0.4) is 0 Å². The van der Waals surface area contributed by atoms with Gasteiger partial charge in [0.25, 0.3) is 0 Å². The van der Waals surface area contributed by atoms with E-state index < -0.39 is 5.79 Å². The van der Waals surface area contributed by atoms with Gasteiger partial charge < -0.3 is 14.2 Å². The number of rotatable bonds is 6. The highest BCUT2D eigenvalue weighted by atomic mass is 16.7. The minimum Gasteiger partial charge on any atom is -0.500 e. The molecule has 0 saturated carbocycles. The van der Waals surface area contributed by atoms with E-state index in [9.17, 15) is 4.79 Å².